The molecule has 0 fully saturated rings. The van der Waals surface area contributed by atoms with E-state index in [1.165, 1.54) is 23.3 Å². The molecule has 0 aliphatic rings. The van der Waals surface area contributed by atoms with Crippen molar-refractivity contribution < 1.29 is 4.39 Å². The highest BCUT2D eigenvalue weighted by Gasteiger charge is 2.13. The lowest BCUT2D eigenvalue weighted by atomic mass is 9.98. The van der Waals surface area contributed by atoms with Crippen molar-refractivity contribution in [3.05, 3.63) is 71.5 Å². The summed E-state index contributed by atoms with van der Waals surface area (Å²) in [6.45, 7) is 0. The Morgan fingerprint density at radius 3 is 1.89 bits per heavy atom. The highest BCUT2D eigenvalue weighted by Crippen LogP contribution is 2.13. The minimum absolute atomic E-state index is 0.173. The lowest BCUT2D eigenvalue weighted by Gasteiger charge is -2.24. The summed E-state index contributed by atoms with van der Waals surface area (Å²) in [7, 11) is 4.19. The third-order valence-electron chi connectivity index (χ3n) is 3.43. The molecule has 0 aliphatic carbocycles. The Morgan fingerprint density at radius 1 is 0.842 bits per heavy atom. The first-order chi connectivity index (χ1) is 9.15. The molecule has 2 heteroatoms. The van der Waals surface area contributed by atoms with Crippen LogP contribution in [-0.4, -0.2) is 25.0 Å². The molecule has 0 spiro atoms. The number of nitrogens with zero attached hydrogens (tertiary/aromatic N) is 1. The van der Waals surface area contributed by atoms with Crippen molar-refractivity contribution in [3.8, 4) is 0 Å². The van der Waals surface area contributed by atoms with E-state index in [1.54, 1.807) is 0 Å². The minimum Gasteiger partial charge on any atom is -0.306 e. The van der Waals surface area contributed by atoms with Crippen molar-refractivity contribution >= 4 is 0 Å². The molecule has 0 saturated heterocycles. The van der Waals surface area contributed by atoms with E-state index in [1.807, 2.05) is 18.2 Å². The van der Waals surface area contributed by atoms with Gasteiger partial charge in [-0.05, 0) is 50.2 Å². The summed E-state index contributed by atoms with van der Waals surface area (Å²) in [5, 5.41) is 0. The Labute approximate surface area is 114 Å². The first-order valence-corrected chi connectivity index (χ1v) is 6.60. The number of halogens is 1. The van der Waals surface area contributed by atoms with Gasteiger partial charge in [0.15, 0.2) is 0 Å². The fraction of sp³-hybridized carbons (Fsp3) is 0.294. The second kappa shape index (κ2) is 6.48. The smallest absolute Gasteiger partial charge is 0.123 e. The number of hydrogen-bond acceptors (Lipinski definition) is 1. The van der Waals surface area contributed by atoms with Crippen LogP contribution in [0.25, 0.3) is 0 Å². The van der Waals surface area contributed by atoms with Gasteiger partial charge in [0, 0.05) is 6.04 Å². The molecule has 100 valence electrons. The van der Waals surface area contributed by atoms with Crippen LogP contribution in [0, 0.1) is 5.82 Å². The molecule has 0 radical (unpaired) electrons. The molecular weight excluding hydrogens is 237 g/mol. The summed E-state index contributed by atoms with van der Waals surface area (Å²) in [5.74, 6) is -0.173. The maximum Gasteiger partial charge on any atom is 0.123 e. The zero-order valence-corrected chi connectivity index (χ0v) is 11.5. The highest BCUT2D eigenvalue weighted by atomic mass is 19.1. The number of hydrogen-bond donors (Lipinski definition) is 0. The van der Waals surface area contributed by atoms with Crippen molar-refractivity contribution in [2.75, 3.05) is 14.1 Å². The van der Waals surface area contributed by atoms with Crippen LogP contribution in [0.15, 0.2) is 54.6 Å². The standard InChI is InChI=1S/C17H20FN/c1-19(2)17(12-14-6-4-3-5-7-14)13-15-8-10-16(18)11-9-15/h3-11,17H,12-13H2,1-2H3. The zero-order valence-electron chi connectivity index (χ0n) is 11.5. The van der Waals surface area contributed by atoms with E-state index >= 15 is 0 Å². The van der Waals surface area contributed by atoms with Crippen molar-refractivity contribution in [2.45, 2.75) is 18.9 Å². The zero-order chi connectivity index (χ0) is 13.7. The molecule has 1 unspecified atom stereocenters. The first kappa shape index (κ1) is 13.8. The van der Waals surface area contributed by atoms with Crippen molar-refractivity contribution in [1.82, 2.24) is 4.90 Å². The number of benzene rings is 2. The van der Waals surface area contributed by atoms with Gasteiger partial charge in [-0.25, -0.2) is 4.39 Å². The molecule has 2 aromatic carbocycles. The highest BCUT2D eigenvalue weighted by molar-refractivity contribution is 5.20. The summed E-state index contributed by atoms with van der Waals surface area (Å²) in [6, 6.07) is 17.7. The maximum atomic E-state index is 12.9. The lowest BCUT2D eigenvalue weighted by Crippen LogP contribution is -2.32. The van der Waals surface area contributed by atoms with E-state index in [9.17, 15) is 4.39 Å². The topological polar surface area (TPSA) is 3.24 Å². The van der Waals surface area contributed by atoms with Crippen LogP contribution in [0.5, 0.6) is 0 Å². The monoisotopic (exact) mass is 257 g/mol. The van der Waals surface area contributed by atoms with Crippen LogP contribution in [0.4, 0.5) is 4.39 Å². The van der Waals surface area contributed by atoms with Crippen molar-refractivity contribution in [1.29, 1.82) is 0 Å². The van der Waals surface area contributed by atoms with Gasteiger partial charge in [-0.1, -0.05) is 42.5 Å². The normalized spacial score (nSPS) is 12.6. The lowest BCUT2D eigenvalue weighted by molar-refractivity contribution is 0.289. The molecule has 2 aromatic rings. The fourth-order valence-electron chi connectivity index (χ4n) is 2.22. The molecule has 2 rings (SSSR count). The molecule has 0 amide bonds. The predicted molar refractivity (Wildman–Crippen MR) is 77.7 cm³/mol. The van der Waals surface area contributed by atoms with Crippen LogP contribution in [0.3, 0.4) is 0 Å². The van der Waals surface area contributed by atoms with Gasteiger partial charge in [0.2, 0.25) is 0 Å². The predicted octanol–water partition coefficient (Wildman–Crippen LogP) is 3.54. The summed E-state index contributed by atoms with van der Waals surface area (Å²) < 4.78 is 12.9. The summed E-state index contributed by atoms with van der Waals surface area (Å²) in [5.41, 5.74) is 2.51. The Kier molecular flexibility index (Phi) is 4.69. The molecular formula is C17H20FN. The molecule has 0 heterocycles. The molecule has 0 aromatic heterocycles. The van der Waals surface area contributed by atoms with Gasteiger partial charge < -0.3 is 4.90 Å². The molecule has 0 bridgehead atoms. The molecule has 0 N–H and O–H groups in total. The largest absolute Gasteiger partial charge is 0.306 e. The Balaban J connectivity index is 2.06. The van der Waals surface area contributed by atoms with Crippen molar-refractivity contribution in [3.63, 3.8) is 0 Å². The van der Waals surface area contributed by atoms with Crippen LogP contribution >= 0.6 is 0 Å². The summed E-state index contributed by atoms with van der Waals surface area (Å²) in [4.78, 5) is 2.23. The maximum absolute atomic E-state index is 12.9. The molecule has 1 atom stereocenters. The molecule has 0 aliphatic heterocycles. The van der Waals surface area contributed by atoms with E-state index in [-0.39, 0.29) is 5.82 Å². The van der Waals surface area contributed by atoms with Gasteiger partial charge >= 0.3 is 0 Å². The first-order valence-electron chi connectivity index (χ1n) is 6.60. The molecule has 1 nitrogen and oxygen atoms in total. The Hall–Kier alpha value is -1.67. The third kappa shape index (κ3) is 4.18. The van der Waals surface area contributed by atoms with E-state index in [2.05, 4.69) is 43.3 Å². The average molecular weight is 257 g/mol. The SMILES string of the molecule is CN(C)C(Cc1ccccc1)Cc1ccc(F)cc1. The van der Waals surface area contributed by atoms with E-state index in [4.69, 9.17) is 0 Å². The number of likely N-dealkylation sites (N-methyl/N-ethyl adjacent to an activating group) is 1. The Morgan fingerprint density at radius 2 is 1.37 bits per heavy atom. The van der Waals surface area contributed by atoms with Gasteiger partial charge in [-0.15, -0.1) is 0 Å². The van der Waals surface area contributed by atoms with E-state index in [0.717, 1.165) is 12.8 Å². The van der Waals surface area contributed by atoms with Crippen LogP contribution in [0.2, 0.25) is 0 Å². The second-order valence-electron chi connectivity index (χ2n) is 5.14. The van der Waals surface area contributed by atoms with E-state index < -0.39 is 0 Å². The van der Waals surface area contributed by atoms with Crippen molar-refractivity contribution in [2.24, 2.45) is 0 Å². The quantitative estimate of drug-likeness (QED) is 0.792. The number of rotatable bonds is 5. The van der Waals surface area contributed by atoms with Crippen LogP contribution < -0.4 is 0 Å². The average Bonchev–Trinajstić information content (AvgIpc) is 2.41. The van der Waals surface area contributed by atoms with Gasteiger partial charge in [0.25, 0.3) is 0 Å². The van der Waals surface area contributed by atoms with Crippen LogP contribution in [-0.2, 0) is 12.8 Å². The summed E-state index contributed by atoms with van der Waals surface area (Å²) in [6.07, 6.45) is 1.94. The second-order valence-corrected chi connectivity index (χ2v) is 5.14. The van der Waals surface area contributed by atoms with E-state index in [0.29, 0.717) is 6.04 Å². The van der Waals surface area contributed by atoms with Gasteiger partial charge in [0.05, 0.1) is 0 Å². The molecule has 19 heavy (non-hydrogen) atoms. The van der Waals surface area contributed by atoms with Crippen LogP contribution in [0.1, 0.15) is 11.1 Å². The van der Waals surface area contributed by atoms with Gasteiger partial charge in [-0.3, -0.25) is 0 Å². The molecule has 0 saturated carbocycles. The minimum atomic E-state index is -0.173. The van der Waals surface area contributed by atoms with Gasteiger partial charge in [0.1, 0.15) is 5.82 Å². The van der Waals surface area contributed by atoms with Gasteiger partial charge in [-0.2, -0.15) is 0 Å². The Bertz CT molecular complexity index is 490. The third-order valence-corrected chi connectivity index (χ3v) is 3.43. The summed E-state index contributed by atoms with van der Waals surface area (Å²) >= 11 is 0. The fourth-order valence-corrected chi connectivity index (χ4v) is 2.22.